The van der Waals surface area contributed by atoms with E-state index >= 15 is 0 Å². The van der Waals surface area contributed by atoms with Crippen molar-refractivity contribution in [1.29, 1.82) is 0 Å². The zero-order valence-corrected chi connectivity index (χ0v) is 14.9. The van der Waals surface area contributed by atoms with Crippen molar-refractivity contribution in [3.63, 3.8) is 0 Å². The van der Waals surface area contributed by atoms with Gasteiger partial charge in [0.05, 0.1) is 11.8 Å². The second-order valence-electron chi connectivity index (χ2n) is 6.49. The molecule has 5 nitrogen and oxygen atoms in total. The summed E-state index contributed by atoms with van der Waals surface area (Å²) in [6.07, 6.45) is 2.33. The third kappa shape index (κ3) is 3.99. The Bertz CT molecular complexity index is 1000. The van der Waals surface area contributed by atoms with Crippen LogP contribution in [0.5, 0.6) is 0 Å². The van der Waals surface area contributed by atoms with Crippen molar-refractivity contribution in [1.82, 2.24) is 9.97 Å². The maximum atomic E-state index is 9.73. The Hall–Kier alpha value is -3.18. The number of rotatable bonds is 7. The molecular formula is C22H21N3O2. The van der Waals surface area contributed by atoms with Crippen molar-refractivity contribution in [2.24, 2.45) is 5.92 Å². The zero-order chi connectivity index (χ0) is 18.5. The average Bonchev–Trinajstić information content (AvgIpc) is 3.24. The molecule has 0 saturated heterocycles. The first-order valence-corrected chi connectivity index (χ1v) is 9.03. The van der Waals surface area contributed by atoms with Crippen LogP contribution in [0.3, 0.4) is 0 Å². The van der Waals surface area contributed by atoms with Gasteiger partial charge >= 0.3 is 0 Å². The van der Waals surface area contributed by atoms with Gasteiger partial charge < -0.3 is 14.8 Å². The van der Waals surface area contributed by atoms with Gasteiger partial charge in [-0.2, -0.15) is 0 Å². The Morgan fingerprint density at radius 2 is 1.74 bits per heavy atom. The summed E-state index contributed by atoms with van der Waals surface area (Å²) in [4.78, 5) is 9.45. The molecule has 2 aromatic heterocycles. The highest BCUT2D eigenvalue weighted by Crippen LogP contribution is 2.25. The molecule has 0 amide bonds. The first-order valence-electron chi connectivity index (χ1n) is 9.03. The fourth-order valence-corrected chi connectivity index (χ4v) is 3.08. The Morgan fingerprint density at radius 1 is 0.926 bits per heavy atom. The summed E-state index contributed by atoms with van der Waals surface area (Å²) in [6.45, 7) is 0.661. The maximum absolute atomic E-state index is 9.73. The summed E-state index contributed by atoms with van der Waals surface area (Å²) >= 11 is 0. The number of aliphatic hydroxyl groups excluding tert-OH is 1. The molecule has 0 spiro atoms. The number of aromatic nitrogens is 2. The topological polar surface area (TPSA) is 71.2 Å². The lowest BCUT2D eigenvalue weighted by Gasteiger charge is -2.16. The number of anilines is 1. The smallest absolute Gasteiger partial charge is 0.162 e. The normalized spacial score (nSPS) is 12.2. The van der Waals surface area contributed by atoms with Crippen molar-refractivity contribution in [3.8, 4) is 11.4 Å². The second-order valence-corrected chi connectivity index (χ2v) is 6.49. The van der Waals surface area contributed by atoms with Gasteiger partial charge in [0, 0.05) is 36.4 Å². The van der Waals surface area contributed by atoms with Crippen LogP contribution in [0.2, 0.25) is 0 Å². The molecule has 27 heavy (non-hydrogen) atoms. The predicted molar refractivity (Wildman–Crippen MR) is 106 cm³/mol. The van der Waals surface area contributed by atoms with E-state index in [0.717, 1.165) is 28.0 Å². The first-order chi connectivity index (χ1) is 13.3. The van der Waals surface area contributed by atoms with Crippen LogP contribution in [0.1, 0.15) is 5.76 Å². The second kappa shape index (κ2) is 8.01. The largest absolute Gasteiger partial charge is 0.469 e. The molecule has 0 radical (unpaired) electrons. The standard InChI is InChI=1S/C22H21N3O2/c26-15-16(13-18-9-6-12-27-18)14-23-22-19-10-4-5-11-20(19)24-21(25-22)17-7-2-1-3-8-17/h1-12,16,26H,13-15H2,(H,23,24,25). The lowest BCUT2D eigenvalue weighted by Crippen LogP contribution is -2.21. The van der Waals surface area contributed by atoms with E-state index in [9.17, 15) is 5.11 Å². The lowest BCUT2D eigenvalue weighted by atomic mass is 10.0. The number of para-hydroxylation sites is 1. The Kier molecular flexibility index (Phi) is 5.12. The summed E-state index contributed by atoms with van der Waals surface area (Å²) < 4.78 is 5.40. The number of furan rings is 1. The minimum Gasteiger partial charge on any atom is -0.469 e. The molecule has 1 atom stereocenters. The van der Waals surface area contributed by atoms with Crippen molar-refractivity contribution < 1.29 is 9.52 Å². The van der Waals surface area contributed by atoms with Crippen molar-refractivity contribution in [2.45, 2.75) is 6.42 Å². The Balaban J connectivity index is 1.61. The first kappa shape index (κ1) is 17.2. The number of aliphatic hydroxyl groups is 1. The molecular weight excluding hydrogens is 338 g/mol. The fraction of sp³-hybridized carbons (Fsp3) is 0.182. The third-order valence-electron chi connectivity index (χ3n) is 4.52. The van der Waals surface area contributed by atoms with Crippen LogP contribution < -0.4 is 5.32 Å². The molecule has 0 aliphatic carbocycles. The SMILES string of the molecule is OCC(CNc1nc(-c2ccccc2)nc2ccccc12)Cc1ccco1. The van der Waals surface area contributed by atoms with E-state index in [0.29, 0.717) is 18.8 Å². The minimum absolute atomic E-state index is 0.0325. The maximum Gasteiger partial charge on any atom is 0.162 e. The highest BCUT2D eigenvalue weighted by atomic mass is 16.3. The Labute approximate surface area is 157 Å². The summed E-state index contributed by atoms with van der Waals surface area (Å²) in [6, 6.07) is 21.7. The van der Waals surface area contributed by atoms with E-state index in [4.69, 9.17) is 14.4 Å². The van der Waals surface area contributed by atoms with E-state index in [1.165, 1.54) is 0 Å². The highest BCUT2D eigenvalue weighted by molar-refractivity contribution is 5.90. The van der Waals surface area contributed by atoms with Gasteiger partial charge in [-0.25, -0.2) is 9.97 Å². The van der Waals surface area contributed by atoms with Crippen molar-refractivity contribution in [3.05, 3.63) is 78.8 Å². The van der Waals surface area contributed by atoms with Gasteiger partial charge in [0.15, 0.2) is 5.82 Å². The molecule has 0 saturated carbocycles. The van der Waals surface area contributed by atoms with E-state index in [2.05, 4.69) is 5.32 Å². The van der Waals surface area contributed by atoms with Crippen molar-refractivity contribution in [2.75, 3.05) is 18.5 Å². The number of hydrogen-bond donors (Lipinski definition) is 2. The molecule has 2 aromatic carbocycles. The zero-order valence-electron chi connectivity index (χ0n) is 14.9. The van der Waals surface area contributed by atoms with Crippen LogP contribution in [0, 0.1) is 5.92 Å². The van der Waals surface area contributed by atoms with Gasteiger partial charge in [-0.3, -0.25) is 0 Å². The number of nitrogens with one attached hydrogen (secondary N) is 1. The predicted octanol–water partition coefficient (Wildman–Crippen LogP) is 4.15. The van der Waals surface area contributed by atoms with Crippen LogP contribution >= 0.6 is 0 Å². The molecule has 0 bridgehead atoms. The molecule has 0 fully saturated rings. The van der Waals surface area contributed by atoms with Crippen LogP contribution in [0.4, 0.5) is 5.82 Å². The number of nitrogens with zero attached hydrogens (tertiary/aromatic N) is 2. The molecule has 136 valence electrons. The van der Waals surface area contributed by atoms with E-state index < -0.39 is 0 Å². The molecule has 4 aromatic rings. The summed E-state index contributed by atoms with van der Waals surface area (Å²) in [5.41, 5.74) is 1.86. The molecule has 1 unspecified atom stereocenters. The van der Waals surface area contributed by atoms with Crippen LogP contribution in [0.15, 0.2) is 77.4 Å². The summed E-state index contributed by atoms with van der Waals surface area (Å²) in [7, 11) is 0. The number of benzene rings is 2. The number of fused-ring (bicyclic) bond motifs is 1. The van der Waals surface area contributed by atoms with Crippen LogP contribution in [0.25, 0.3) is 22.3 Å². The number of hydrogen-bond acceptors (Lipinski definition) is 5. The van der Waals surface area contributed by atoms with Gasteiger partial charge in [-0.1, -0.05) is 42.5 Å². The van der Waals surface area contributed by atoms with E-state index in [1.54, 1.807) is 6.26 Å². The Morgan fingerprint density at radius 3 is 2.52 bits per heavy atom. The van der Waals surface area contributed by atoms with Gasteiger partial charge in [0.25, 0.3) is 0 Å². The van der Waals surface area contributed by atoms with Gasteiger partial charge in [-0.05, 0) is 24.3 Å². The van der Waals surface area contributed by atoms with Crippen LogP contribution in [-0.2, 0) is 6.42 Å². The van der Waals surface area contributed by atoms with E-state index in [1.807, 2.05) is 66.7 Å². The minimum atomic E-state index is 0.0325. The quantitative estimate of drug-likeness (QED) is 0.519. The van der Waals surface area contributed by atoms with Crippen LogP contribution in [-0.4, -0.2) is 28.2 Å². The lowest BCUT2D eigenvalue weighted by molar-refractivity contribution is 0.226. The fourth-order valence-electron chi connectivity index (χ4n) is 3.08. The molecule has 2 heterocycles. The highest BCUT2D eigenvalue weighted by Gasteiger charge is 2.13. The monoisotopic (exact) mass is 359 g/mol. The summed E-state index contributed by atoms with van der Waals surface area (Å²) in [5, 5.41) is 14.1. The third-order valence-corrected chi connectivity index (χ3v) is 4.52. The average molecular weight is 359 g/mol. The van der Waals surface area contributed by atoms with Crippen molar-refractivity contribution >= 4 is 16.7 Å². The van der Waals surface area contributed by atoms with Gasteiger partial charge in [-0.15, -0.1) is 0 Å². The molecule has 4 rings (SSSR count). The molecule has 0 aliphatic heterocycles. The molecule has 2 N–H and O–H groups in total. The summed E-state index contributed by atoms with van der Waals surface area (Å²) in [5.74, 6) is 2.36. The van der Waals surface area contributed by atoms with Gasteiger partial charge in [0.1, 0.15) is 11.6 Å². The molecule has 5 heteroatoms. The molecule has 0 aliphatic rings. The van der Waals surface area contributed by atoms with Gasteiger partial charge in [0.2, 0.25) is 0 Å². The van der Waals surface area contributed by atoms with E-state index in [-0.39, 0.29) is 12.5 Å².